The molecule has 1 N–H and O–H groups in total. The van der Waals surface area contributed by atoms with Crippen LogP contribution in [-0.2, 0) is 11.8 Å². The second-order valence-corrected chi connectivity index (χ2v) is 4.49. The Hall–Kier alpha value is -1.77. The highest BCUT2D eigenvalue weighted by Gasteiger charge is 2.27. The molecule has 82 valence electrons. The van der Waals surface area contributed by atoms with Gasteiger partial charge in [0, 0.05) is 29.9 Å². The average molecular weight is 214 g/mol. The normalized spacial score (nSPS) is 19.6. The monoisotopic (exact) mass is 214 g/mol. The number of carbonyl (C=O) groups excluding carboxylic acids is 1. The van der Waals surface area contributed by atoms with Gasteiger partial charge in [0.2, 0.25) is 5.91 Å². The van der Waals surface area contributed by atoms with Gasteiger partial charge in [-0.15, -0.1) is 0 Å². The SMILES string of the molecule is C[C@H]1CC(=O)Nc2c1c1ccccc1n2C. The molecule has 0 saturated carbocycles. The molecule has 2 heterocycles. The number of anilines is 1. The van der Waals surface area contributed by atoms with Gasteiger partial charge in [-0.1, -0.05) is 25.1 Å². The number of nitrogens with zero attached hydrogens (tertiary/aromatic N) is 1. The van der Waals surface area contributed by atoms with Gasteiger partial charge in [0.1, 0.15) is 5.82 Å². The number of aromatic nitrogens is 1. The van der Waals surface area contributed by atoms with E-state index in [-0.39, 0.29) is 5.91 Å². The molecule has 0 radical (unpaired) electrons. The van der Waals surface area contributed by atoms with Gasteiger partial charge in [0.25, 0.3) is 0 Å². The van der Waals surface area contributed by atoms with Gasteiger partial charge in [-0.05, 0) is 12.0 Å². The van der Waals surface area contributed by atoms with Gasteiger partial charge in [0.15, 0.2) is 0 Å². The van der Waals surface area contributed by atoms with Gasteiger partial charge in [-0.25, -0.2) is 0 Å². The van der Waals surface area contributed by atoms with Crippen LogP contribution in [0.3, 0.4) is 0 Å². The zero-order valence-electron chi connectivity index (χ0n) is 9.45. The van der Waals surface area contributed by atoms with Crippen molar-refractivity contribution in [2.45, 2.75) is 19.3 Å². The number of para-hydroxylation sites is 1. The summed E-state index contributed by atoms with van der Waals surface area (Å²) in [5, 5.41) is 4.23. The zero-order valence-corrected chi connectivity index (χ0v) is 9.45. The lowest BCUT2D eigenvalue weighted by atomic mass is 9.93. The molecule has 0 aliphatic carbocycles. The number of fused-ring (bicyclic) bond motifs is 3. The van der Waals surface area contributed by atoms with E-state index in [4.69, 9.17) is 0 Å². The van der Waals surface area contributed by atoms with E-state index < -0.39 is 0 Å². The number of hydrogen-bond donors (Lipinski definition) is 1. The van der Waals surface area contributed by atoms with Crippen molar-refractivity contribution in [1.29, 1.82) is 0 Å². The van der Waals surface area contributed by atoms with Crippen LogP contribution in [0.4, 0.5) is 5.82 Å². The first-order valence-corrected chi connectivity index (χ1v) is 5.55. The summed E-state index contributed by atoms with van der Waals surface area (Å²) in [5.41, 5.74) is 2.46. The molecule has 0 spiro atoms. The first-order chi connectivity index (χ1) is 7.68. The van der Waals surface area contributed by atoms with E-state index in [1.54, 1.807) is 0 Å². The Kier molecular flexibility index (Phi) is 1.84. The van der Waals surface area contributed by atoms with E-state index in [1.807, 2.05) is 19.2 Å². The van der Waals surface area contributed by atoms with E-state index >= 15 is 0 Å². The molecule has 3 nitrogen and oxygen atoms in total. The Morgan fingerprint density at radius 2 is 2.12 bits per heavy atom. The predicted molar refractivity (Wildman–Crippen MR) is 64.6 cm³/mol. The topological polar surface area (TPSA) is 34.0 Å². The van der Waals surface area contributed by atoms with Crippen molar-refractivity contribution in [2.24, 2.45) is 7.05 Å². The van der Waals surface area contributed by atoms with Crippen molar-refractivity contribution >= 4 is 22.6 Å². The van der Waals surface area contributed by atoms with E-state index in [0.29, 0.717) is 12.3 Å². The van der Waals surface area contributed by atoms with Crippen molar-refractivity contribution in [3.63, 3.8) is 0 Å². The lowest BCUT2D eigenvalue weighted by Gasteiger charge is -2.20. The molecule has 0 bridgehead atoms. The molecular formula is C13H14N2O. The van der Waals surface area contributed by atoms with Gasteiger partial charge >= 0.3 is 0 Å². The molecule has 0 unspecified atom stereocenters. The Morgan fingerprint density at radius 1 is 1.38 bits per heavy atom. The van der Waals surface area contributed by atoms with E-state index in [9.17, 15) is 4.79 Å². The standard InChI is InChI=1S/C13H14N2O/c1-8-7-11(16)14-13-12(8)9-5-3-4-6-10(9)15(13)2/h3-6,8H,7H2,1-2H3,(H,14,16)/t8-/m0/s1. The molecule has 1 amide bonds. The van der Waals surface area contributed by atoms with Crippen LogP contribution < -0.4 is 5.32 Å². The number of amides is 1. The van der Waals surface area contributed by atoms with Crippen LogP contribution in [0.1, 0.15) is 24.8 Å². The van der Waals surface area contributed by atoms with Crippen LogP contribution in [0.25, 0.3) is 10.9 Å². The molecule has 16 heavy (non-hydrogen) atoms. The van der Waals surface area contributed by atoms with Crippen molar-refractivity contribution in [2.75, 3.05) is 5.32 Å². The third kappa shape index (κ3) is 1.11. The third-order valence-electron chi connectivity index (χ3n) is 3.39. The summed E-state index contributed by atoms with van der Waals surface area (Å²) >= 11 is 0. The van der Waals surface area contributed by atoms with Gasteiger partial charge in [0.05, 0.1) is 0 Å². The van der Waals surface area contributed by atoms with E-state index in [2.05, 4.69) is 28.9 Å². The van der Waals surface area contributed by atoms with Crippen molar-refractivity contribution in [1.82, 2.24) is 4.57 Å². The first kappa shape index (κ1) is 9.46. The summed E-state index contributed by atoms with van der Waals surface area (Å²) in [6.45, 7) is 2.12. The molecule has 3 heteroatoms. The fourth-order valence-corrected chi connectivity index (χ4v) is 2.64. The maximum Gasteiger partial charge on any atom is 0.226 e. The number of aryl methyl sites for hydroxylation is 1. The van der Waals surface area contributed by atoms with Crippen molar-refractivity contribution in [3.05, 3.63) is 29.8 Å². The molecule has 1 aliphatic heterocycles. The summed E-state index contributed by atoms with van der Waals surface area (Å²) in [4.78, 5) is 11.5. The van der Waals surface area contributed by atoms with Crippen molar-refractivity contribution < 1.29 is 4.79 Å². The molecule has 1 aromatic carbocycles. The second kappa shape index (κ2) is 3.11. The number of benzene rings is 1. The minimum absolute atomic E-state index is 0.117. The van der Waals surface area contributed by atoms with Crippen LogP contribution in [0.2, 0.25) is 0 Å². The molecule has 0 saturated heterocycles. The number of rotatable bonds is 0. The predicted octanol–water partition coefficient (Wildman–Crippen LogP) is 2.62. The highest BCUT2D eigenvalue weighted by molar-refractivity contribution is 6.01. The number of nitrogens with one attached hydrogen (secondary N) is 1. The molecular weight excluding hydrogens is 200 g/mol. The highest BCUT2D eigenvalue weighted by Crippen LogP contribution is 2.39. The lowest BCUT2D eigenvalue weighted by Crippen LogP contribution is -2.22. The smallest absolute Gasteiger partial charge is 0.226 e. The van der Waals surface area contributed by atoms with Crippen LogP contribution >= 0.6 is 0 Å². The molecule has 1 atom stereocenters. The Morgan fingerprint density at radius 3 is 2.94 bits per heavy atom. The summed E-state index contributed by atoms with van der Waals surface area (Å²) in [5.74, 6) is 1.38. The van der Waals surface area contributed by atoms with Crippen LogP contribution in [0.15, 0.2) is 24.3 Å². The van der Waals surface area contributed by atoms with Crippen molar-refractivity contribution in [3.8, 4) is 0 Å². The number of carbonyl (C=O) groups is 1. The fraction of sp³-hybridized carbons (Fsp3) is 0.308. The fourth-order valence-electron chi connectivity index (χ4n) is 2.64. The van der Waals surface area contributed by atoms with Gasteiger partial charge in [-0.3, -0.25) is 4.79 Å². The molecule has 1 aromatic heterocycles. The zero-order chi connectivity index (χ0) is 11.3. The van der Waals surface area contributed by atoms with E-state index in [1.165, 1.54) is 16.5 Å². The first-order valence-electron chi connectivity index (χ1n) is 5.55. The lowest BCUT2D eigenvalue weighted by molar-refractivity contribution is -0.116. The third-order valence-corrected chi connectivity index (χ3v) is 3.39. The summed E-state index contributed by atoms with van der Waals surface area (Å²) in [6.07, 6.45) is 0.584. The maximum absolute atomic E-state index is 11.5. The quantitative estimate of drug-likeness (QED) is 0.718. The molecule has 1 aliphatic rings. The van der Waals surface area contributed by atoms with Crippen LogP contribution in [0.5, 0.6) is 0 Å². The Bertz CT molecular complexity index is 583. The molecule has 0 fully saturated rings. The van der Waals surface area contributed by atoms with Crippen LogP contribution in [-0.4, -0.2) is 10.5 Å². The van der Waals surface area contributed by atoms with Crippen LogP contribution in [0, 0.1) is 0 Å². The Balaban J connectivity index is 2.39. The second-order valence-electron chi connectivity index (χ2n) is 4.49. The highest BCUT2D eigenvalue weighted by atomic mass is 16.1. The maximum atomic E-state index is 11.5. The van der Waals surface area contributed by atoms with Gasteiger partial charge < -0.3 is 9.88 Å². The summed E-state index contributed by atoms with van der Waals surface area (Å²) in [7, 11) is 2.00. The summed E-state index contributed by atoms with van der Waals surface area (Å²) < 4.78 is 2.07. The van der Waals surface area contributed by atoms with Gasteiger partial charge in [-0.2, -0.15) is 0 Å². The minimum Gasteiger partial charge on any atom is -0.330 e. The number of hydrogen-bond acceptors (Lipinski definition) is 1. The minimum atomic E-state index is 0.117. The largest absolute Gasteiger partial charge is 0.330 e. The van der Waals surface area contributed by atoms with E-state index in [0.717, 1.165) is 5.82 Å². The summed E-state index contributed by atoms with van der Waals surface area (Å²) in [6, 6.07) is 8.29. The molecule has 2 aromatic rings. The Labute approximate surface area is 94.1 Å². The molecule has 3 rings (SSSR count). The average Bonchev–Trinajstić information content (AvgIpc) is 2.54.